The van der Waals surface area contributed by atoms with E-state index in [2.05, 4.69) is 56.0 Å². The Bertz CT molecular complexity index is 1120. The maximum atomic E-state index is 13.0. The van der Waals surface area contributed by atoms with Crippen molar-refractivity contribution in [3.05, 3.63) is 41.0 Å². The van der Waals surface area contributed by atoms with Gasteiger partial charge in [-0.2, -0.15) is 0 Å². The second-order valence-corrected chi connectivity index (χ2v) is 9.74. The van der Waals surface area contributed by atoms with E-state index in [0.29, 0.717) is 6.54 Å². The number of aromatic nitrogens is 2. The van der Waals surface area contributed by atoms with Crippen LogP contribution in [0.5, 0.6) is 5.75 Å². The molecule has 0 saturated carbocycles. The fourth-order valence-electron chi connectivity index (χ4n) is 4.60. The molecule has 8 nitrogen and oxygen atoms in total. The third-order valence-corrected chi connectivity index (χ3v) is 7.96. The van der Waals surface area contributed by atoms with Gasteiger partial charge in [-0.25, -0.2) is 9.97 Å². The van der Waals surface area contributed by atoms with Crippen molar-refractivity contribution in [2.75, 3.05) is 69.3 Å². The summed E-state index contributed by atoms with van der Waals surface area (Å²) in [7, 11) is 1.69. The maximum absolute atomic E-state index is 13.0. The molecular formula is C26H36N6O2S. The highest BCUT2D eigenvalue weighted by Crippen LogP contribution is 2.35. The number of carbonyl (C=O) groups is 1. The minimum atomic E-state index is -0.0136. The molecule has 0 spiro atoms. The monoisotopic (exact) mass is 496 g/mol. The minimum absolute atomic E-state index is 0.0136. The number of fused-ring (bicyclic) bond motifs is 1. The van der Waals surface area contributed by atoms with Gasteiger partial charge in [-0.1, -0.05) is 13.8 Å². The number of hydrogen-bond donors (Lipinski definition) is 1. The van der Waals surface area contributed by atoms with Crippen LogP contribution in [0.2, 0.25) is 0 Å². The molecule has 0 atom stereocenters. The summed E-state index contributed by atoms with van der Waals surface area (Å²) in [5, 5.41) is 4.11. The molecule has 1 amide bonds. The number of amides is 1. The number of anilines is 2. The highest BCUT2D eigenvalue weighted by molar-refractivity contribution is 7.20. The average Bonchev–Trinajstić information content (AvgIpc) is 3.25. The van der Waals surface area contributed by atoms with Gasteiger partial charge in [0.25, 0.3) is 5.91 Å². The summed E-state index contributed by atoms with van der Waals surface area (Å²) in [6.45, 7) is 13.6. The zero-order valence-corrected chi connectivity index (χ0v) is 22.0. The van der Waals surface area contributed by atoms with E-state index in [-0.39, 0.29) is 5.91 Å². The Kier molecular flexibility index (Phi) is 8.41. The number of aryl methyl sites for hydroxylation is 1. The SMILES string of the molecule is CCN(CC)CCCNC(=O)c1sc2ncnc(N3CCN(c4ccc(OC)cc4)CC3)c2c1C. The van der Waals surface area contributed by atoms with Gasteiger partial charge in [0, 0.05) is 38.4 Å². The Labute approximate surface area is 211 Å². The number of piperazine rings is 1. The van der Waals surface area contributed by atoms with Crippen molar-refractivity contribution < 1.29 is 9.53 Å². The lowest BCUT2D eigenvalue weighted by atomic mass is 10.1. The van der Waals surface area contributed by atoms with Gasteiger partial charge < -0.3 is 24.8 Å². The molecule has 0 aliphatic carbocycles. The van der Waals surface area contributed by atoms with E-state index in [9.17, 15) is 4.79 Å². The largest absolute Gasteiger partial charge is 0.497 e. The van der Waals surface area contributed by atoms with Gasteiger partial charge in [-0.05, 0) is 62.8 Å². The molecule has 1 N–H and O–H groups in total. The minimum Gasteiger partial charge on any atom is -0.497 e. The molecule has 3 aromatic rings. The molecule has 35 heavy (non-hydrogen) atoms. The number of hydrogen-bond acceptors (Lipinski definition) is 8. The fraction of sp³-hybridized carbons (Fsp3) is 0.500. The summed E-state index contributed by atoms with van der Waals surface area (Å²) in [5.74, 6) is 1.78. The predicted octanol–water partition coefficient (Wildman–Crippen LogP) is 3.80. The van der Waals surface area contributed by atoms with Crippen LogP contribution in [0.4, 0.5) is 11.5 Å². The number of thiophene rings is 1. The van der Waals surface area contributed by atoms with Crippen LogP contribution < -0.4 is 19.9 Å². The Morgan fingerprint density at radius 3 is 2.43 bits per heavy atom. The molecule has 4 rings (SSSR count). The van der Waals surface area contributed by atoms with Crippen LogP contribution in [0.25, 0.3) is 10.2 Å². The molecule has 0 bridgehead atoms. The highest BCUT2D eigenvalue weighted by atomic mass is 32.1. The van der Waals surface area contributed by atoms with Crippen molar-refractivity contribution in [2.45, 2.75) is 27.2 Å². The maximum Gasteiger partial charge on any atom is 0.261 e. The van der Waals surface area contributed by atoms with Gasteiger partial charge in [0.2, 0.25) is 0 Å². The van der Waals surface area contributed by atoms with Crippen LogP contribution in [0, 0.1) is 6.92 Å². The third kappa shape index (κ3) is 5.67. The number of ether oxygens (including phenoxy) is 1. The zero-order valence-electron chi connectivity index (χ0n) is 21.2. The molecular weight excluding hydrogens is 460 g/mol. The predicted molar refractivity (Wildman–Crippen MR) is 144 cm³/mol. The number of rotatable bonds is 10. The second kappa shape index (κ2) is 11.7. The Hall–Kier alpha value is -2.91. The van der Waals surface area contributed by atoms with Crippen LogP contribution in [-0.2, 0) is 0 Å². The van der Waals surface area contributed by atoms with Gasteiger partial charge in [-0.3, -0.25) is 4.79 Å². The van der Waals surface area contributed by atoms with E-state index in [0.717, 1.165) is 84.5 Å². The Balaban J connectivity index is 1.42. The summed E-state index contributed by atoms with van der Waals surface area (Å²) in [5.41, 5.74) is 2.17. The number of carbonyl (C=O) groups excluding carboxylic acids is 1. The molecule has 1 aromatic carbocycles. The Morgan fingerprint density at radius 1 is 1.09 bits per heavy atom. The molecule has 0 radical (unpaired) electrons. The molecule has 9 heteroatoms. The standard InChI is InChI=1S/C26H36N6O2S/c1-5-30(6-2)13-7-12-27-25(33)23-19(3)22-24(28-18-29-26(22)35-23)32-16-14-31(15-17-32)20-8-10-21(34-4)11-9-20/h8-11,18H,5-7,12-17H2,1-4H3,(H,27,33). The molecule has 1 aliphatic heterocycles. The van der Waals surface area contributed by atoms with E-state index >= 15 is 0 Å². The number of nitrogens with zero attached hydrogens (tertiary/aromatic N) is 5. The summed E-state index contributed by atoms with van der Waals surface area (Å²) in [6, 6.07) is 8.21. The van der Waals surface area contributed by atoms with Gasteiger partial charge in [0.15, 0.2) is 0 Å². The molecule has 1 aliphatic rings. The van der Waals surface area contributed by atoms with E-state index < -0.39 is 0 Å². The fourth-order valence-corrected chi connectivity index (χ4v) is 5.66. The molecule has 2 aromatic heterocycles. The molecule has 3 heterocycles. The number of benzene rings is 1. The van der Waals surface area contributed by atoms with Gasteiger partial charge in [0.05, 0.1) is 17.4 Å². The first-order valence-electron chi connectivity index (χ1n) is 12.4. The Morgan fingerprint density at radius 2 is 1.77 bits per heavy atom. The van der Waals surface area contributed by atoms with Crippen molar-refractivity contribution in [2.24, 2.45) is 0 Å². The van der Waals surface area contributed by atoms with Crippen LogP contribution in [0.15, 0.2) is 30.6 Å². The zero-order chi connectivity index (χ0) is 24.8. The van der Waals surface area contributed by atoms with Crippen LogP contribution in [-0.4, -0.2) is 80.2 Å². The van der Waals surface area contributed by atoms with Crippen LogP contribution >= 0.6 is 11.3 Å². The summed E-state index contributed by atoms with van der Waals surface area (Å²) in [4.78, 5) is 30.8. The number of nitrogens with one attached hydrogen (secondary N) is 1. The van der Waals surface area contributed by atoms with Crippen LogP contribution in [0.1, 0.15) is 35.5 Å². The quantitative estimate of drug-likeness (QED) is 0.428. The van der Waals surface area contributed by atoms with E-state index in [1.807, 2.05) is 19.1 Å². The topological polar surface area (TPSA) is 73.8 Å². The van der Waals surface area contributed by atoms with Crippen molar-refractivity contribution in [3.8, 4) is 5.75 Å². The van der Waals surface area contributed by atoms with E-state index in [4.69, 9.17) is 4.74 Å². The summed E-state index contributed by atoms with van der Waals surface area (Å²) >= 11 is 1.46. The van der Waals surface area contributed by atoms with Gasteiger partial charge in [0.1, 0.15) is 22.7 Å². The van der Waals surface area contributed by atoms with Crippen molar-refractivity contribution in [3.63, 3.8) is 0 Å². The first kappa shape index (κ1) is 25.2. The highest BCUT2D eigenvalue weighted by Gasteiger charge is 2.24. The van der Waals surface area contributed by atoms with Crippen molar-refractivity contribution in [1.82, 2.24) is 20.2 Å². The van der Waals surface area contributed by atoms with E-state index in [1.165, 1.54) is 17.0 Å². The average molecular weight is 497 g/mol. The van der Waals surface area contributed by atoms with Gasteiger partial charge in [-0.15, -0.1) is 11.3 Å². The summed E-state index contributed by atoms with van der Waals surface area (Å²) < 4.78 is 5.28. The second-order valence-electron chi connectivity index (χ2n) is 8.74. The third-order valence-electron chi connectivity index (χ3n) is 6.76. The molecule has 1 fully saturated rings. The smallest absolute Gasteiger partial charge is 0.261 e. The first-order chi connectivity index (χ1) is 17.0. The van der Waals surface area contributed by atoms with Crippen molar-refractivity contribution >= 4 is 39.0 Å². The van der Waals surface area contributed by atoms with E-state index in [1.54, 1.807) is 13.4 Å². The first-order valence-corrected chi connectivity index (χ1v) is 13.3. The lowest BCUT2D eigenvalue weighted by Gasteiger charge is -2.37. The normalized spacial score (nSPS) is 14.1. The lowest BCUT2D eigenvalue weighted by Crippen LogP contribution is -2.46. The summed E-state index contributed by atoms with van der Waals surface area (Å²) in [6.07, 6.45) is 2.57. The van der Waals surface area contributed by atoms with Gasteiger partial charge >= 0.3 is 0 Å². The molecule has 188 valence electrons. The molecule has 0 unspecified atom stereocenters. The molecule has 1 saturated heterocycles. The van der Waals surface area contributed by atoms with Crippen LogP contribution in [0.3, 0.4) is 0 Å². The van der Waals surface area contributed by atoms with Crippen molar-refractivity contribution in [1.29, 1.82) is 0 Å². The number of methoxy groups -OCH3 is 1. The lowest BCUT2D eigenvalue weighted by molar-refractivity contribution is 0.0955.